The molecule has 0 bridgehead atoms. The molecule has 0 amide bonds. The third kappa shape index (κ3) is 6.16. The second-order valence-electron chi connectivity index (χ2n) is 9.56. The molecule has 2 heterocycles. The van der Waals surface area contributed by atoms with E-state index in [1.807, 2.05) is 18.2 Å². The summed E-state index contributed by atoms with van der Waals surface area (Å²) in [6.45, 7) is 4.38. The minimum absolute atomic E-state index is 0.301. The Bertz CT molecular complexity index is 1270. The van der Waals surface area contributed by atoms with Crippen molar-refractivity contribution in [2.24, 2.45) is 11.8 Å². The van der Waals surface area contributed by atoms with Crippen LogP contribution in [0, 0.1) is 11.8 Å². The maximum Gasteiger partial charge on any atom is 0.240 e. The van der Waals surface area contributed by atoms with E-state index in [1.54, 1.807) is 24.3 Å². The highest BCUT2D eigenvalue weighted by atomic mass is 79.9. The van der Waals surface area contributed by atoms with E-state index < -0.39 is 10.0 Å². The van der Waals surface area contributed by atoms with Gasteiger partial charge in [-0.15, -0.1) is 0 Å². The van der Waals surface area contributed by atoms with Gasteiger partial charge in [0.05, 0.1) is 23.6 Å². The molecule has 8 nitrogen and oxygen atoms in total. The van der Waals surface area contributed by atoms with E-state index in [0.29, 0.717) is 42.4 Å². The number of ether oxygens (including phenoxy) is 1. The monoisotopic (exact) mass is 573 g/mol. The highest BCUT2D eigenvalue weighted by molar-refractivity contribution is 9.10. The first kappa shape index (κ1) is 25.4. The largest absolute Gasteiger partial charge is 0.378 e. The average Bonchev–Trinajstić information content (AvgIpc) is 2.91. The van der Waals surface area contributed by atoms with Crippen LogP contribution in [0.25, 0.3) is 10.9 Å². The second-order valence-corrected chi connectivity index (χ2v) is 12.2. The van der Waals surface area contributed by atoms with Crippen molar-refractivity contribution >= 4 is 48.6 Å². The third-order valence-electron chi connectivity index (χ3n) is 7.09. The fourth-order valence-electron chi connectivity index (χ4n) is 4.96. The van der Waals surface area contributed by atoms with Gasteiger partial charge in [0, 0.05) is 36.0 Å². The second kappa shape index (κ2) is 11.4. The predicted octanol–water partition coefficient (Wildman–Crippen LogP) is 4.43. The van der Waals surface area contributed by atoms with E-state index in [9.17, 15) is 8.42 Å². The van der Waals surface area contributed by atoms with E-state index in [1.165, 1.54) is 0 Å². The zero-order chi connectivity index (χ0) is 25.0. The van der Waals surface area contributed by atoms with Crippen LogP contribution in [0.1, 0.15) is 25.7 Å². The standard InChI is InChI=1S/C26H32BrN5O3S/c27-21-9-11-22(12-10-21)36(33,34)29-18-20-7-5-19(6-8-20)17-28-26-30-24-4-2-1-3-23(24)25(31-26)32-13-15-35-16-14-32/h1-4,9-12,19-20,29H,5-8,13-18H2,(H,28,30,31)/t19-,20-. The van der Waals surface area contributed by atoms with Crippen LogP contribution < -0.4 is 14.9 Å². The Morgan fingerprint density at radius 1 is 0.917 bits per heavy atom. The summed E-state index contributed by atoms with van der Waals surface area (Å²) >= 11 is 3.34. The van der Waals surface area contributed by atoms with Gasteiger partial charge in [0.15, 0.2) is 0 Å². The number of halogens is 1. The Morgan fingerprint density at radius 2 is 1.58 bits per heavy atom. The van der Waals surface area contributed by atoms with Crippen molar-refractivity contribution in [3.05, 3.63) is 53.0 Å². The van der Waals surface area contributed by atoms with E-state index in [0.717, 1.165) is 66.5 Å². The van der Waals surface area contributed by atoms with Gasteiger partial charge in [0.1, 0.15) is 5.82 Å². The van der Waals surface area contributed by atoms with Gasteiger partial charge in [0.25, 0.3) is 0 Å². The number of benzene rings is 2. The molecule has 1 saturated carbocycles. The van der Waals surface area contributed by atoms with Crippen LogP contribution in [0.15, 0.2) is 57.9 Å². The van der Waals surface area contributed by atoms with Crippen LogP contribution in [0.2, 0.25) is 0 Å². The Morgan fingerprint density at radius 3 is 2.31 bits per heavy atom. The summed E-state index contributed by atoms with van der Waals surface area (Å²) in [5, 5.41) is 4.55. The smallest absolute Gasteiger partial charge is 0.240 e. The van der Waals surface area contributed by atoms with Crippen molar-refractivity contribution in [2.75, 3.05) is 49.6 Å². The Kier molecular flexibility index (Phi) is 8.05. The minimum Gasteiger partial charge on any atom is -0.378 e. The molecule has 2 N–H and O–H groups in total. The predicted molar refractivity (Wildman–Crippen MR) is 146 cm³/mol. The van der Waals surface area contributed by atoms with Gasteiger partial charge < -0.3 is 15.0 Å². The summed E-state index contributed by atoms with van der Waals surface area (Å²) < 4.78 is 34.3. The molecule has 10 heteroatoms. The van der Waals surface area contributed by atoms with Crippen molar-refractivity contribution in [2.45, 2.75) is 30.6 Å². The first-order chi connectivity index (χ1) is 17.5. The molecule has 2 fully saturated rings. The van der Waals surface area contributed by atoms with Crippen LogP contribution in [0.5, 0.6) is 0 Å². The molecule has 0 radical (unpaired) electrons. The third-order valence-corrected chi connectivity index (χ3v) is 9.06. The van der Waals surface area contributed by atoms with Crippen LogP contribution in [0.3, 0.4) is 0 Å². The number of aromatic nitrogens is 2. The fourth-order valence-corrected chi connectivity index (χ4v) is 6.34. The summed E-state index contributed by atoms with van der Waals surface area (Å²) in [5.41, 5.74) is 0.943. The van der Waals surface area contributed by atoms with Crippen molar-refractivity contribution in [3.63, 3.8) is 0 Å². The lowest BCUT2D eigenvalue weighted by atomic mass is 9.82. The molecule has 192 valence electrons. The summed E-state index contributed by atoms with van der Waals surface area (Å²) in [4.78, 5) is 12.2. The molecule has 36 heavy (non-hydrogen) atoms. The molecule has 1 aliphatic heterocycles. The quantitative estimate of drug-likeness (QED) is 0.411. The molecule has 1 aliphatic carbocycles. The van der Waals surface area contributed by atoms with Gasteiger partial charge in [-0.05, 0) is 73.9 Å². The average molecular weight is 575 g/mol. The summed E-state index contributed by atoms with van der Waals surface area (Å²) in [6.07, 6.45) is 4.13. The van der Waals surface area contributed by atoms with Gasteiger partial charge in [-0.2, -0.15) is 4.98 Å². The van der Waals surface area contributed by atoms with Gasteiger partial charge >= 0.3 is 0 Å². The first-order valence-corrected chi connectivity index (χ1v) is 14.8. The molecule has 2 aliphatic rings. The molecule has 0 unspecified atom stereocenters. The van der Waals surface area contributed by atoms with Crippen LogP contribution in [-0.2, 0) is 14.8 Å². The summed E-state index contributed by atoms with van der Waals surface area (Å²) in [5.74, 6) is 2.51. The van der Waals surface area contributed by atoms with E-state index >= 15 is 0 Å². The molecule has 2 aromatic carbocycles. The number of anilines is 2. The SMILES string of the molecule is O=S(=O)(NC[C@H]1CC[C@H](CNc2nc(N3CCOCC3)c3ccccc3n2)CC1)c1ccc(Br)cc1. The van der Waals surface area contributed by atoms with Crippen molar-refractivity contribution in [1.82, 2.24) is 14.7 Å². The number of hydrogen-bond donors (Lipinski definition) is 2. The molecule has 5 rings (SSSR count). The van der Waals surface area contributed by atoms with Gasteiger partial charge in [-0.1, -0.05) is 28.1 Å². The molecule has 1 aromatic heterocycles. The Hall–Kier alpha value is -2.27. The molecule has 0 spiro atoms. The van der Waals surface area contributed by atoms with E-state index in [4.69, 9.17) is 14.7 Å². The zero-order valence-corrected chi connectivity index (χ0v) is 22.6. The number of rotatable bonds is 8. The topological polar surface area (TPSA) is 96.5 Å². The van der Waals surface area contributed by atoms with E-state index in [2.05, 4.69) is 36.9 Å². The van der Waals surface area contributed by atoms with Crippen LogP contribution >= 0.6 is 15.9 Å². The molecular formula is C26H32BrN5O3S. The normalized spacial score (nSPS) is 21.0. The number of fused-ring (bicyclic) bond motifs is 1. The van der Waals surface area contributed by atoms with Gasteiger partial charge in [0.2, 0.25) is 16.0 Å². The summed E-state index contributed by atoms with van der Waals surface area (Å²) in [7, 11) is -3.48. The number of morpholine rings is 1. The number of nitrogens with zero attached hydrogens (tertiary/aromatic N) is 3. The number of sulfonamides is 1. The van der Waals surface area contributed by atoms with Crippen LogP contribution in [0.4, 0.5) is 11.8 Å². The van der Waals surface area contributed by atoms with Crippen molar-refractivity contribution in [3.8, 4) is 0 Å². The molecule has 1 saturated heterocycles. The van der Waals surface area contributed by atoms with Gasteiger partial charge in [-0.25, -0.2) is 18.1 Å². The lowest BCUT2D eigenvalue weighted by molar-refractivity contribution is 0.122. The fraction of sp³-hybridized carbons (Fsp3) is 0.462. The highest BCUT2D eigenvalue weighted by Crippen LogP contribution is 2.30. The van der Waals surface area contributed by atoms with E-state index in [-0.39, 0.29) is 0 Å². The molecule has 3 aromatic rings. The zero-order valence-electron chi connectivity index (χ0n) is 20.2. The maximum atomic E-state index is 12.6. The number of hydrogen-bond acceptors (Lipinski definition) is 7. The Balaban J connectivity index is 1.14. The first-order valence-electron chi connectivity index (χ1n) is 12.6. The highest BCUT2D eigenvalue weighted by Gasteiger charge is 2.24. The lowest BCUT2D eigenvalue weighted by Crippen LogP contribution is -2.37. The number of para-hydroxylation sites is 1. The van der Waals surface area contributed by atoms with Crippen LogP contribution in [-0.4, -0.2) is 57.8 Å². The minimum atomic E-state index is -3.48. The van der Waals surface area contributed by atoms with Crippen molar-refractivity contribution < 1.29 is 13.2 Å². The number of nitrogens with one attached hydrogen (secondary N) is 2. The lowest BCUT2D eigenvalue weighted by Gasteiger charge is -2.30. The van der Waals surface area contributed by atoms with Crippen molar-refractivity contribution in [1.29, 1.82) is 0 Å². The molecular weight excluding hydrogens is 542 g/mol. The summed E-state index contributed by atoms with van der Waals surface area (Å²) in [6, 6.07) is 14.9. The maximum absolute atomic E-state index is 12.6. The van der Waals surface area contributed by atoms with Gasteiger partial charge in [-0.3, -0.25) is 0 Å². The Labute approximate surface area is 221 Å². The molecule has 0 atom stereocenters.